The predicted molar refractivity (Wildman–Crippen MR) is 98.4 cm³/mol. The maximum absolute atomic E-state index is 12.6. The van der Waals surface area contributed by atoms with Crippen molar-refractivity contribution in [1.29, 1.82) is 0 Å². The van der Waals surface area contributed by atoms with Crippen LogP contribution in [0, 0.1) is 0 Å². The number of phenols is 2. The number of carbonyl (C=O) groups excluding carboxylic acids is 2. The van der Waals surface area contributed by atoms with Gasteiger partial charge in [-0.05, 0) is 25.8 Å². The van der Waals surface area contributed by atoms with Crippen molar-refractivity contribution in [2.75, 3.05) is 0 Å². The number of rotatable bonds is 1. The summed E-state index contributed by atoms with van der Waals surface area (Å²) in [7, 11) is 0. The zero-order valence-corrected chi connectivity index (χ0v) is 15.3. The zero-order valence-electron chi connectivity index (χ0n) is 14.5. The molecule has 1 saturated heterocycles. The Bertz CT molecular complexity index is 877. The third kappa shape index (κ3) is 3.74. The van der Waals surface area contributed by atoms with E-state index in [4.69, 9.17) is 21.1 Å². The number of aromatic hydroxyl groups is 2. The second kappa shape index (κ2) is 7.17. The van der Waals surface area contributed by atoms with Crippen molar-refractivity contribution in [3.8, 4) is 11.5 Å². The monoisotopic (exact) mass is 391 g/mol. The number of cyclic esters (lactones) is 1. The lowest BCUT2D eigenvalue weighted by atomic mass is 9.99. The summed E-state index contributed by atoms with van der Waals surface area (Å²) >= 11 is 6.07. The third-order valence-electron chi connectivity index (χ3n) is 4.44. The highest BCUT2D eigenvalue weighted by Gasteiger charge is 2.54. The van der Waals surface area contributed by atoms with Gasteiger partial charge in [0.1, 0.15) is 29.3 Å². The summed E-state index contributed by atoms with van der Waals surface area (Å²) in [6.45, 7) is 5.19. The standard InChI is InChI=1S/C19H18ClNO6/c1-10-7-15-19(21-2,27-15)6-4-3-5-11(22)8-12-16(18(25)26-10)13(23)9-14(24)17(12)20/h3-6,9-10,15,23-24H,2,7-8H2,1H3/b5-3+,6-4-/t10-,15-,19+/m1/s1. The number of nitrogens with zero attached hydrogens (tertiary/aromatic N) is 1. The van der Waals surface area contributed by atoms with Crippen LogP contribution < -0.4 is 0 Å². The van der Waals surface area contributed by atoms with Crippen LogP contribution in [0.15, 0.2) is 35.4 Å². The molecule has 8 heteroatoms. The van der Waals surface area contributed by atoms with E-state index < -0.39 is 29.3 Å². The lowest BCUT2D eigenvalue weighted by molar-refractivity contribution is -0.114. The molecule has 1 fully saturated rings. The maximum Gasteiger partial charge on any atom is 0.342 e. The van der Waals surface area contributed by atoms with E-state index in [0.717, 1.165) is 6.07 Å². The van der Waals surface area contributed by atoms with Crippen molar-refractivity contribution >= 4 is 30.1 Å². The topological polar surface area (TPSA) is 109 Å². The Balaban J connectivity index is 2.03. The molecule has 0 amide bonds. The number of phenolic OH excluding ortho intramolecular Hbond substituents is 2. The first kappa shape index (κ1) is 19.1. The van der Waals surface area contributed by atoms with Crippen molar-refractivity contribution in [2.45, 2.75) is 37.7 Å². The summed E-state index contributed by atoms with van der Waals surface area (Å²) < 4.78 is 10.9. The fraction of sp³-hybridized carbons (Fsp3) is 0.316. The van der Waals surface area contributed by atoms with Crippen LogP contribution in [-0.4, -0.2) is 46.6 Å². The lowest BCUT2D eigenvalue weighted by Gasteiger charge is -2.17. The Morgan fingerprint density at radius 1 is 1.30 bits per heavy atom. The SMILES string of the molecule is C=N[C@]12/C=C\C=C\C(=O)Cc3c(Cl)c(O)cc(O)c3C(=O)O[C@H](C)C[C@H]1O2. The van der Waals surface area contributed by atoms with Crippen LogP contribution >= 0.6 is 11.6 Å². The van der Waals surface area contributed by atoms with Crippen molar-refractivity contribution in [3.63, 3.8) is 0 Å². The van der Waals surface area contributed by atoms with Gasteiger partial charge in [-0.3, -0.25) is 9.79 Å². The minimum atomic E-state index is -0.896. The quantitative estimate of drug-likeness (QED) is 0.433. The van der Waals surface area contributed by atoms with Crippen molar-refractivity contribution in [3.05, 3.63) is 46.5 Å². The van der Waals surface area contributed by atoms with Gasteiger partial charge in [0.2, 0.25) is 5.72 Å². The van der Waals surface area contributed by atoms with Gasteiger partial charge >= 0.3 is 5.97 Å². The van der Waals surface area contributed by atoms with E-state index in [-0.39, 0.29) is 34.5 Å². The second-order valence-electron chi connectivity index (χ2n) is 6.41. The number of carbonyl (C=O) groups is 2. The summed E-state index contributed by atoms with van der Waals surface area (Å²) in [5.41, 5.74) is -1.14. The van der Waals surface area contributed by atoms with Crippen molar-refractivity contribution in [1.82, 2.24) is 0 Å². The number of fused-ring (bicyclic) bond motifs is 2. The van der Waals surface area contributed by atoms with Gasteiger partial charge in [-0.1, -0.05) is 23.8 Å². The molecule has 1 aromatic rings. The van der Waals surface area contributed by atoms with E-state index in [0.29, 0.717) is 6.42 Å². The van der Waals surface area contributed by atoms with E-state index in [9.17, 15) is 19.8 Å². The van der Waals surface area contributed by atoms with Crippen LogP contribution in [0.4, 0.5) is 0 Å². The number of hydrogen-bond donors (Lipinski definition) is 2. The summed E-state index contributed by atoms with van der Waals surface area (Å²) in [6.07, 6.45) is 5.27. The molecule has 7 nitrogen and oxygen atoms in total. The number of aliphatic imine (C=N–C) groups is 1. The molecule has 0 bridgehead atoms. The van der Waals surface area contributed by atoms with Gasteiger partial charge in [0.15, 0.2) is 5.78 Å². The zero-order chi connectivity index (χ0) is 19.8. The van der Waals surface area contributed by atoms with E-state index in [1.165, 1.54) is 12.2 Å². The number of epoxide rings is 1. The van der Waals surface area contributed by atoms with Gasteiger partial charge in [0.05, 0.1) is 5.02 Å². The van der Waals surface area contributed by atoms with E-state index in [1.54, 1.807) is 19.1 Å². The minimum absolute atomic E-state index is 0.00633. The van der Waals surface area contributed by atoms with E-state index in [1.807, 2.05) is 0 Å². The van der Waals surface area contributed by atoms with Gasteiger partial charge < -0.3 is 19.7 Å². The number of ketones is 1. The number of allylic oxidation sites excluding steroid dienone is 3. The van der Waals surface area contributed by atoms with Crippen molar-refractivity contribution < 1.29 is 29.3 Å². The Morgan fingerprint density at radius 2 is 2.04 bits per heavy atom. The normalized spacial score (nSPS) is 30.3. The molecule has 1 aromatic carbocycles. The molecule has 0 unspecified atom stereocenters. The number of halogens is 1. The highest BCUT2D eigenvalue weighted by atomic mass is 35.5. The molecular weight excluding hydrogens is 374 g/mol. The molecule has 3 atom stereocenters. The molecular formula is C19H18ClNO6. The molecule has 0 aliphatic carbocycles. The molecule has 2 N–H and O–H groups in total. The van der Waals surface area contributed by atoms with Crippen LogP contribution in [0.3, 0.4) is 0 Å². The Hall–Kier alpha value is -2.64. The predicted octanol–water partition coefficient (Wildman–Crippen LogP) is 2.72. The second-order valence-corrected chi connectivity index (χ2v) is 6.79. The molecule has 0 aromatic heterocycles. The van der Waals surface area contributed by atoms with Gasteiger partial charge in [-0.25, -0.2) is 4.79 Å². The Morgan fingerprint density at radius 3 is 2.74 bits per heavy atom. The third-order valence-corrected chi connectivity index (χ3v) is 4.86. The molecule has 27 heavy (non-hydrogen) atoms. The van der Waals surface area contributed by atoms with Gasteiger partial charge in [-0.15, -0.1) is 0 Å². The van der Waals surface area contributed by atoms with Crippen LogP contribution in [0.5, 0.6) is 11.5 Å². The van der Waals surface area contributed by atoms with E-state index >= 15 is 0 Å². The first-order valence-electron chi connectivity index (χ1n) is 8.26. The first-order valence-corrected chi connectivity index (χ1v) is 8.64. The molecule has 2 aliphatic rings. The van der Waals surface area contributed by atoms with Gasteiger partial charge in [0.25, 0.3) is 0 Å². The molecule has 0 saturated carbocycles. The van der Waals surface area contributed by atoms with Crippen LogP contribution in [-0.2, 0) is 20.7 Å². The van der Waals surface area contributed by atoms with Crippen LogP contribution in [0.25, 0.3) is 0 Å². The molecule has 0 radical (unpaired) electrons. The number of hydrogen-bond acceptors (Lipinski definition) is 7. The number of benzene rings is 1. The molecule has 0 spiro atoms. The van der Waals surface area contributed by atoms with Gasteiger partial charge in [0, 0.05) is 24.5 Å². The highest BCUT2D eigenvalue weighted by Crippen LogP contribution is 2.43. The summed E-state index contributed by atoms with van der Waals surface area (Å²) in [4.78, 5) is 28.8. The number of ether oxygens (including phenoxy) is 2. The molecule has 2 aliphatic heterocycles. The summed E-state index contributed by atoms with van der Waals surface area (Å²) in [5, 5.41) is 19.8. The van der Waals surface area contributed by atoms with Gasteiger partial charge in [-0.2, -0.15) is 0 Å². The first-order chi connectivity index (χ1) is 12.8. The van der Waals surface area contributed by atoms with Crippen LogP contribution in [0.2, 0.25) is 5.02 Å². The maximum atomic E-state index is 12.6. The molecule has 2 heterocycles. The fourth-order valence-electron chi connectivity index (χ4n) is 3.01. The summed E-state index contributed by atoms with van der Waals surface area (Å²) in [6, 6.07) is 0.940. The minimum Gasteiger partial charge on any atom is -0.507 e. The lowest BCUT2D eigenvalue weighted by Crippen LogP contribution is -2.21. The largest absolute Gasteiger partial charge is 0.507 e. The average Bonchev–Trinajstić information content (AvgIpc) is 3.28. The number of esters is 1. The molecule has 3 rings (SSSR count). The smallest absolute Gasteiger partial charge is 0.342 e. The fourth-order valence-corrected chi connectivity index (χ4v) is 3.22. The molecule has 142 valence electrons. The highest BCUT2D eigenvalue weighted by molar-refractivity contribution is 6.33. The van der Waals surface area contributed by atoms with Crippen LogP contribution in [0.1, 0.15) is 29.3 Å². The Kier molecular flexibility index (Phi) is 5.08. The summed E-state index contributed by atoms with van der Waals surface area (Å²) in [5.74, 6) is -2.18. The average molecular weight is 392 g/mol. The van der Waals surface area contributed by atoms with E-state index in [2.05, 4.69) is 11.7 Å². The van der Waals surface area contributed by atoms with Crippen molar-refractivity contribution in [2.24, 2.45) is 4.99 Å². The Labute approximate surface area is 160 Å².